The van der Waals surface area contributed by atoms with E-state index < -0.39 is 0 Å². The molecule has 2 aliphatic rings. The Kier molecular flexibility index (Phi) is 5.27. The monoisotopic (exact) mass is 372 g/mol. The molecule has 1 amide bonds. The van der Waals surface area contributed by atoms with Crippen molar-refractivity contribution < 1.29 is 4.79 Å². The highest BCUT2D eigenvalue weighted by molar-refractivity contribution is 6.30. The molecule has 2 fully saturated rings. The lowest BCUT2D eigenvalue weighted by molar-refractivity contribution is 0.0575. The average Bonchev–Trinajstić information content (AvgIpc) is 3.17. The summed E-state index contributed by atoms with van der Waals surface area (Å²) in [5.74, 6) is 0.484. The fourth-order valence-corrected chi connectivity index (χ4v) is 4.47. The van der Waals surface area contributed by atoms with Crippen molar-refractivity contribution in [3.8, 4) is 11.3 Å². The Bertz CT molecular complexity index is 755. The molecule has 2 atom stereocenters. The molecule has 4 rings (SSSR count). The van der Waals surface area contributed by atoms with Gasteiger partial charge in [0.2, 0.25) is 0 Å². The summed E-state index contributed by atoms with van der Waals surface area (Å²) in [5, 5.41) is 10.9. The molecular formula is C20H25ClN4O. The van der Waals surface area contributed by atoms with Crippen LogP contribution in [-0.2, 0) is 0 Å². The molecule has 6 heteroatoms. The third-order valence-electron chi connectivity index (χ3n) is 5.72. The first-order chi connectivity index (χ1) is 12.7. The van der Waals surface area contributed by atoms with Crippen molar-refractivity contribution in [3.63, 3.8) is 0 Å². The van der Waals surface area contributed by atoms with Crippen LogP contribution in [0.4, 0.5) is 0 Å². The Morgan fingerprint density at radius 1 is 1.19 bits per heavy atom. The fraction of sp³-hybridized carbons (Fsp3) is 0.500. The van der Waals surface area contributed by atoms with Crippen LogP contribution in [0.25, 0.3) is 11.3 Å². The number of H-pyrrole nitrogens is 1. The van der Waals surface area contributed by atoms with Crippen molar-refractivity contribution in [2.24, 2.45) is 5.92 Å². The van der Waals surface area contributed by atoms with Crippen LogP contribution in [0.2, 0.25) is 5.02 Å². The maximum absolute atomic E-state index is 12.5. The maximum atomic E-state index is 12.5. The van der Waals surface area contributed by atoms with Crippen molar-refractivity contribution in [1.82, 2.24) is 20.4 Å². The zero-order valence-electron chi connectivity index (χ0n) is 14.9. The lowest BCUT2D eigenvalue weighted by atomic mass is 9.83. The number of piperidine rings is 2. The summed E-state index contributed by atoms with van der Waals surface area (Å²) in [5.41, 5.74) is 2.20. The maximum Gasteiger partial charge on any atom is 0.269 e. The van der Waals surface area contributed by atoms with Crippen LogP contribution in [0.15, 0.2) is 30.3 Å². The predicted molar refractivity (Wildman–Crippen MR) is 103 cm³/mol. The van der Waals surface area contributed by atoms with Gasteiger partial charge in [0.15, 0.2) is 0 Å². The summed E-state index contributed by atoms with van der Waals surface area (Å²) < 4.78 is 0. The first-order valence-corrected chi connectivity index (χ1v) is 9.92. The molecule has 0 radical (unpaired) electrons. The zero-order valence-corrected chi connectivity index (χ0v) is 15.6. The van der Waals surface area contributed by atoms with Crippen LogP contribution in [0.3, 0.4) is 0 Å². The number of amides is 1. The normalized spacial score (nSPS) is 23.4. The van der Waals surface area contributed by atoms with Crippen molar-refractivity contribution in [3.05, 3.63) is 41.0 Å². The predicted octanol–water partition coefficient (Wildman–Crippen LogP) is 3.72. The van der Waals surface area contributed by atoms with Gasteiger partial charge < -0.3 is 10.2 Å². The molecule has 3 heterocycles. The SMILES string of the molecule is O=C(NC[C@@H]1CCCN2CCCC[C@@H]12)c1cc(-c2ccc(Cl)cc2)n[nH]1. The van der Waals surface area contributed by atoms with Gasteiger partial charge in [0, 0.05) is 23.2 Å². The van der Waals surface area contributed by atoms with Gasteiger partial charge in [0.25, 0.3) is 5.91 Å². The van der Waals surface area contributed by atoms with Gasteiger partial charge in [-0.15, -0.1) is 0 Å². The second-order valence-corrected chi connectivity index (χ2v) is 7.82. The van der Waals surface area contributed by atoms with Crippen molar-refractivity contribution >= 4 is 17.5 Å². The summed E-state index contributed by atoms with van der Waals surface area (Å²) in [7, 11) is 0. The lowest BCUT2D eigenvalue weighted by Crippen LogP contribution is -2.51. The highest BCUT2D eigenvalue weighted by Crippen LogP contribution is 2.30. The van der Waals surface area contributed by atoms with E-state index >= 15 is 0 Å². The van der Waals surface area contributed by atoms with Crippen LogP contribution in [0.5, 0.6) is 0 Å². The van der Waals surface area contributed by atoms with Gasteiger partial charge in [-0.2, -0.15) is 5.10 Å². The topological polar surface area (TPSA) is 61.0 Å². The second-order valence-electron chi connectivity index (χ2n) is 7.39. The van der Waals surface area contributed by atoms with Gasteiger partial charge in [0.1, 0.15) is 5.69 Å². The van der Waals surface area contributed by atoms with Crippen molar-refractivity contribution in [1.29, 1.82) is 0 Å². The fourth-order valence-electron chi connectivity index (χ4n) is 4.34. The smallest absolute Gasteiger partial charge is 0.269 e. The first kappa shape index (κ1) is 17.6. The number of nitrogens with zero attached hydrogens (tertiary/aromatic N) is 2. The standard InChI is InChI=1S/C20H25ClN4O/c21-16-8-6-14(7-9-16)17-12-18(24-23-17)20(26)22-13-15-4-3-11-25-10-2-1-5-19(15)25/h6-9,12,15,19H,1-5,10-11,13H2,(H,22,26)(H,23,24)/t15-,19-/m0/s1. The van der Waals surface area contributed by atoms with Crippen LogP contribution in [0.1, 0.15) is 42.6 Å². The Hall–Kier alpha value is -1.85. The number of hydrogen-bond donors (Lipinski definition) is 2. The van der Waals surface area contributed by atoms with Gasteiger partial charge in [-0.25, -0.2) is 0 Å². The van der Waals surface area contributed by atoms with E-state index in [1.165, 1.54) is 45.2 Å². The molecule has 2 aliphatic heterocycles. The van der Waals surface area contributed by atoms with E-state index in [1.807, 2.05) is 24.3 Å². The van der Waals surface area contributed by atoms with Crippen LogP contribution < -0.4 is 5.32 Å². The minimum absolute atomic E-state index is 0.0781. The minimum Gasteiger partial charge on any atom is -0.350 e. The van der Waals surface area contributed by atoms with E-state index in [4.69, 9.17) is 11.6 Å². The molecule has 1 aromatic carbocycles. The number of aromatic amines is 1. The number of aromatic nitrogens is 2. The largest absolute Gasteiger partial charge is 0.350 e. The second kappa shape index (κ2) is 7.80. The molecule has 5 nitrogen and oxygen atoms in total. The van der Waals surface area contributed by atoms with E-state index in [2.05, 4.69) is 20.4 Å². The highest BCUT2D eigenvalue weighted by Gasteiger charge is 2.33. The van der Waals surface area contributed by atoms with Gasteiger partial charge in [-0.05, 0) is 62.9 Å². The van der Waals surface area contributed by atoms with E-state index in [9.17, 15) is 4.79 Å². The van der Waals surface area contributed by atoms with Gasteiger partial charge in [-0.1, -0.05) is 30.2 Å². The summed E-state index contributed by atoms with van der Waals surface area (Å²) in [6.07, 6.45) is 6.35. The van der Waals surface area contributed by atoms with Gasteiger partial charge in [-0.3, -0.25) is 9.89 Å². The molecule has 26 heavy (non-hydrogen) atoms. The number of rotatable bonds is 4. The third-order valence-corrected chi connectivity index (χ3v) is 5.97. The summed E-state index contributed by atoms with van der Waals surface area (Å²) in [6, 6.07) is 9.89. The molecule has 0 unspecified atom stereocenters. The van der Waals surface area contributed by atoms with Gasteiger partial charge >= 0.3 is 0 Å². The molecule has 0 spiro atoms. The molecule has 138 valence electrons. The average molecular weight is 373 g/mol. The molecule has 2 saturated heterocycles. The lowest BCUT2D eigenvalue weighted by Gasteiger charge is -2.44. The van der Waals surface area contributed by atoms with E-state index in [0.29, 0.717) is 22.7 Å². The number of benzene rings is 1. The van der Waals surface area contributed by atoms with E-state index in [0.717, 1.165) is 17.8 Å². The molecule has 0 bridgehead atoms. The Morgan fingerprint density at radius 3 is 2.85 bits per heavy atom. The Morgan fingerprint density at radius 2 is 2.00 bits per heavy atom. The quantitative estimate of drug-likeness (QED) is 0.859. The van der Waals surface area contributed by atoms with Gasteiger partial charge in [0.05, 0.1) is 5.69 Å². The summed E-state index contributed by atoms with van der Waals surface area (Å²) >= 11 is 5.92. The number of fused-ring (bicyclic) bond motifs is 1. The molecule has 0 saturated carbocycles. The van der Waals surface area contributed by atoms with Crippen LogP contribution in [0, 0.1) is 5.92 Å². The summed E-state index contributed by atoms with van der Waals surface area (Å²) in [4.78, 5) is 15.2. The molecule has 2 aromatic rings. The molecule has 1 aromatic heterocycles. The number of carbonyl (C=O) groups is 1. The Labute approximate surface area is 159 Å². The molecular weight excluding hydrogens is 348 g/mol. The van der Waals surface area contributed by atoms with Crippen LogP contribution in [-0.4, -0.2) is 46.7 Å². The third kappa shape index (κ3) is 3.79. The number of carbonyl (C=O) groups excluding carboxylic acids is 1. The van der Waals surface area contributed by atoms with Crippen LogP contribution >= 0.6 is 11.6 Å². The summed E-state index contributed by atoms with van der Waals surface area (Å²) in [6.45, 7) is 3.19. The number of nitrogens with one attached hydrogen (secondary N) is 2. The minimum atomic E-state index is -0.0781. The number of halogens is 1. The molecule has 2 N–H and O–H groups in total. The van der Waals surface area contributed by atoms with Crippen molar-refractivity contribution in [2.75, 3.05) is 19.6 Å². The first-order valence-electron chi connectivity index (χ1n) is 9.54. The highest BCUT2D eigenvalue weighted by atomic mass is 35.5. The van der Waals surface area contributed by atoms with Crippen molar-refractivity contribution in [2.45, 2.75) is 38.1 Å². The molecule has 0 aliphatic carbocycles. The van der Waals surface area contributed by atoms with E-state index in [-0.39, 0.29) is 5.91 Å². The number of hydrogen-bond acceptors (Lipinski definition) is 3. The zero-order chi connectivity index (χ0) is 17.9. The Balaban J connectivity index is 1.37. The van der Waals surface area contributed by atoms with E-state index in [1.54, 1.807) is 6.07 Å².